The van der Waals surface area contributed by atoms with Gasteiger partial charge in [-0.3, -0.25) is 0 Å². The van der Waals surface area contributed by atoms with Gasteiger partial charge in [0.1, 0.15) is 11.6 Å². The molecule has 3 aromatic rings. The van der Waals surface area contributed by atoms with E-state index in [1.54, 1.807) is 35.7 Å². The largest absolute Gasteiger partial charge is 0.496 e. The fourth-order valence-corrected chi connectivity index (χ4v) is 4.56. The average Bonchev–Trinajstić information content (AvgIpc) is 2.95. The molecule has 0 aliphatic carbocycles. The van der Waals surface area contributed by atoms with Crippen LogP contribution in [0.3, 0.4) is 0 Å². The molecule has 0 bridgehead atoms. The first-order valence-electron chi connectivity index (χ1n) is 7.19. The Labute approximate surface area is 153 Å². The molecule has 0 aliphatic heterocycles. The first kappa shape index (κ1) is 17.1. The van der Waals surface area contributed by atoms with E-state index < -0.39 is 0 Å². The second-order valence-electron chi connectivity index (χ2n) is 5.13. The molecule has 24 heavy (non-hydrogen) atoms. The maximum atomic E-state index is 13.1. The number of nitrogens with zero attached hydrogens (tertiary/aromatic N) is 2. The van der Waals surface area contributed by atoms with E-state index in [0.29, 0.717) is 3.95 Å². The zero-order valence-corrected chi connectivity index (χ0v) is 15.6. The van der Waals surface area contributed by atoms with Crippen LogP contribution in [0.4, 0.5) is 4.39 Å². The first-order valence-corrected chi connectivity index (χ1v) is 9.40. The van der Waals surface area contributed by atoms with Crippen molar-refractivity contribution in [3.63, 3.8) is 0 Å². The average molecular weight is 379 g/mol. The summed E-state index contributed by atoms with van der Waals surface area (Å²) in [6, 6.07) is 12.3. The number of halogens is 1. The zero-order chi connectivity index (χ0) is 17.1. The summed E-state index contributed by atoms with van der Waals surface area (Å²) in [6.07, 6.45) is 0. The summed E-state index contributed by atoms with van der Waals surface area (Å²) in [5.74, 6) is 1.34. The fourth-order valence-electron chi connectivity index (χ4n) is 2.22. The number of thioether (sulfide) groups is 1. The number of hydrogen-bond acceptors (Lipinski definition) is 5. The van der Waals surface area contributed by atoms with Gasteiger partial charge in [-0.2, -0.15) is 0 Å². The standard InChI is InChI=1S/C17H15FN2OS3/c1-11-3-8-15(21-2)12(9-11)10-23-16-19-20(17(22)24-16)14-6-4-13(18)5-7-14/h3-9H,10H2,1-2H3. The molecule has 0 aliphatic rings. The van der Waals surface area contributed by atoms with E-state index in [9.17, 15) is 4.39 Å². The van der Waals surface area contributed by atoms with Crippen molar-refractivity contribution >= 4 is 35.3 Å². The second kappa shape index (κ2) is 7.46. The molecule has 0 atom stereocenters. The Balaban J connectivity index is 1.80. The van der Waals surface area contributed by atoms with E-state index in [1.165, 1.54) is 29.0 Å². The summed E-state index contributed by atoms with van der Waals surface area (Å²) in [5.41, 5.74) is 3.07. The Bertz CT molecular complexity index is 903. The molecule has 2 aromatic carbocycles. The van der Waals surface area contributed by atoms with Crippen molar-refractivity contribution in [3.05, 3.63) is 63.4 Å². The summed E-state index contributed by atoms with van der Waals surface area (Å²) in [5, 5.41) is 4.53. The molecular formula is C17H15FN2OS3. The molecule has 0 saturated carbocycles. The van der Waals surface area contributed by atoms with Crippen LogP contribution in [0.2, 0.25) is 0 Å². The molecule has 124 valence electrons. The molecule has 0 fully saturated rings. The van der Waals surface area contributed by atoms with E-state index in [1.807, 2.05) is 12.1 Å². The van der Waals surface area contributed by atoms with Crippen LogP contribution in [0.25, 0.3) is 5.69 Å². The molecule has 0 radical (unpaired) electrons. The molecule has 3 rings (SSSR count). The van der Waals surface area contributed by atoms with Crippen LogP contribution in [-0.2, 0) is 5.75 Å². The normalized spacial score (nSPS) is 10.8. The number of ether oxygens (including phenoxy) is 1. The highest BCUT2D eigenvalue weighted by molar-refractivity contribution is 8.00. The zero-order valence-electron chi connectivity index (χ0n) is 13.2. The Morgan fingerprint density at radius 3 is 2.71 bits per heavy atom. The smallest absolute Gasteiger partial charge is 0.184 e. The molecule has 1 aromatic heterocycles. The van der Waals surface area contributed by atoms with Gasteiger partial charge < -0.3 is 4.74 Å². The van der Waals surface area contributed by atoms with Gasteiger partial charge in [0.2, 0.25) is 0 Å². The van der Waals surface area contributed by atoms with Crippen LogP contribution in [-0.4, -0.2) is 16.9 Å². The molecule has 0 saturated heterocycles. The molecular weight excluding hydrogens is 363 g/mol. The van der Waals surface area contributed by atoms with E-state index >= 15 is 0 Å². The Morgan fingerprint density at radius 2 is 2.00 bits per heavy atom. The SMILES string of the molecule is COc1ccc(C)cc1CSc1nn(-c2ccc(F)cc2)c(=S)s1. The summed E-state index contributed by atoms with van der Waals surface area (Å²) in [6.45, 7) is 2.06. The van der Waals surface area contributed by atoms with Crippen molar-refractivity contribution in [3.8, 4) is 11.4 Å². The van der Waals surface area contributed by atoms with Crippen LogP contribution >= 0.6 is 35.3 Å². The van der Waals surface area contributed by atoms with Crippen molar-refractivity contribution in [1.29, 1.82) is 0 Å². The van der Waals surface area contributed by atoms with Crippen molar-refractivity contribution in [2.45, 2.75) is 17.0 Å². The molecule has 3 nitrogen and oxygen atoms in total. The number of methoxy groups -OCH3 is 1. The van der Waals surface area contributed by atoms with Crippen LogP contribution in [0.5, 0.6) is 5.75 Å². The lowest BCUT2D eigenvalue weighted by molar-refractivity contribution is 0.411. The van der Waals surface area contributed by atoms with Gasteiger partial charge >= 0.3 is 0 Å². The minimum Gasteiger partial charge on any atom is -0.496 e. The maximum Gasteiger partial charge on any atom is 0.184 e. The number of benzene rings is 2. The summed E-state index contributed by atoms with van der Waals surface area (Å²) in [4.78, 5) is 0. The highest BCUT2D eigenvalue weighted by Gasteiger charge is 2.09. The van der Waals surface area contributed by atoms with Gasteiger partial charge in [-0.25, -0.2) is 9.07 Å². The van der Waals surface area contributed by atoms with Crippen molar-refractivity contribution in [2.75, 3.05) is 7.11 Å². The number of aryl methyl sites for hydroxylation is 1. The fraction of sp³-hybridized carbons (Fsp3) is 0.176. The summed E-state index contributed by atoms with van der Waals surface area (Å²) in [7, 11) is 1.67. The Morgan fingerprint density at radius 1 is 1.25 bits per heavy atom. The predicted molar refractivity (Wildman–Crippen MR) is 99.5 cm³/mol. The molecule has 7 heteroatoms. The maximum absolute atomic E-state index is 13.1. The molecule has 0 N–H and O–H groups in total. The van der Waals surface area contributed by atoms with Gasteiger partial charge in [0.15, 0.2) is 8.29 Å². The highest BCUT2D eigenvalue weighted by atomic mass is 32.2. The van der Waals surface area contributed by atoms with Crippen LogP contribution < -0.4 is 4.74 Å². The monoisotopic (exact) mass is 378 g/mol. The van der Waals surface area contributed by atoms with E-state index in [2.05, 4.69) is 18.1 Å². The van der Waals surface area contributed by atoms with Gasteiger partial charge in [-0.1, -0.05) is 40.8 Å². The van der Waals surface area contributed by atoms with E-state index in [4.69, 9.17) is 17.0 Å². The van der Waals surface area contributed by atoms with Gasteiger partial charge in [0, 0.05) is 11.3 Å². The third-order valence-corrected chi connectivity index (χ3v) is 5.80. The third-order valence-electron chi connectivity index (χ3n) is 3.39. The molecule has 0 spiro atoms. The highest BCUT2D eigenvalue weighted by Crippen LogP contribution is 2.31. The number of aromatic nitrogens is 2. The van der Waals surface area contributed by atoms with Gasteiger partial charge in [-0.15, -0.1) is 5.10 Å². The van der Waals surface area contributed by atoms with Crippen molar-refractivity contribution < 1.29 is 9.13 Å². The number of rotatable bonds is 5. The lowest BCUT2D eigenvalue weighted by Crippen LogP contribution is -1.96. The van der Waals surface area contributed by atoms with Crippen LogP contribution in [0.15, 0.2) is 46.8 Å². The second-order valence-corrected chi connectivity index (χ2v) is 7.97. The van der Waals surface area contributed by atoms with Gasteiger partial charge in [0.25, 0.3) is 0 Å². The first-order chi connectivity index (χ1) is 11.6. The number of hydrogen-bond donors (Lipinski definition) is 0. The van der Waals surface area contributed by atoms with Gasteiger partial charge in [-0.05, 0) is 49.5 Å². The summed E-state index contributed by atoms with van der Waals surface area (Å²) >= 11 is 8.43. The minimum atomic E-state index is -0.276. The summed E-state index contributed by atoms with van der Waals surface area (Å²) < 4.78 is 21.6. The van der Waals surface area contributed by atoms with E-state index in [0.717, 1.165) is 27.1 Å². The van der Waals surface area contributed by atoms with Gasteiger partial charge in [0.05, 0.1) is 12.8 Å². The topological polar surface area (TPSA) is 27.1 Å². The van der Waals surface area contributed by atoms with Crippen molar-refractivity contribution in [2.24, 2.45) is 0 Å². The Kier molecular flexibility index (Phi) is 5.33. The Hall–Kier alpha value is -1.70. The van der Waals surface area contributed by atoms with E-state index in [-0.39, 0.29) is 5.82 Å². The molecule has 0 amide bonds. The predicted octanol–water partition coefficient (Wildman–Crippen LogP) is 5.41. The quantitative estimate of drug-likeness (QED) is 0.438. The lowest BCUT2D eigenvalue weighted by Gasteiger charge is -2.08. The van der Waals surface area contributed by atoms with Crippen LogP contribution in [0, 0.1) is 16.7 Å². The van der Waals surface area contributed by atoms with Crippen molar-refractivity contribution in [1.82, 2.24) is 9.78 Å². The molecule has 1 heterocycles. The lowest BCUT2D eigenvalue weighted by atomic mass is 10.1. The third kappa shape index (κ3) is 3.85. The molecule has 0 unspecified atom stereocenters. The van der Waals surface area contributed by atoms with Crippen LogP contribution in [0.1, 0.15) is 11.1 Å². The minimum absolute atomic E-state index is 0.276.